The summed E-state index contributed by atoms with van der Waals surface area (Å²) in [4.78, 5) is 12.2. The Morgan fingerprint density at radius 1 is 1.15 bits per heavy atom. The minimum Gasteiger partial charge on any atom is -0.504 e. The number of amides is 1. The highest BCUT2D eigenvalue weighted by atomic mass is 79.9. The molecule has 104 valence electrons. The normalized spacial score (nSPS) is 11.9. The monoisotopic (exact) mass is 335 g/mol. The van der Waals surface area contributed by atoms with Gasteiger partial charge in [-0.3, -0.25) is 4.79 Å². The number of carbonyl (C=O) groups excluding carboxylic acids is 1. The molecule has 0 radical (unpaired) electrons. The van der Waals surface area contributed by atoms with Crippen LogP contribution in [0.25, 0.3) is 0 Å². The minimum absolute atomic E-state index is 0.104. The first-order valence-electron chi connectivity index (χ1n) is 6.05. The number of halogens is 1. The fraction of sp³-hybridized carbons (Fsp3) is 0.133. The number of benzene rings is 2. The summed E-state index contributed by atoms with van der Waals surface area (Å²) in [7, 11) is 0. The highest BCUT2D eigenvalue weighted by Gasteiger charge is 2.12. The van der Waals surface area contributed by atoms with Crippen molar-refractivity contribution in [2.75, 3.05) is 5.32 Å². The molecule has 1 unspecified atom stereocenters. The number of phenols is 2. The van der Waals surface area contributed by atoms with E-state index in [1.165, 1.54) is 18.2 Å². The van der Waals surface area contributed by atoms with E-state index >= 15 is 0 Å². The van der Waals surface area contributed by atoms with Gasteiger partial charge >= 0.3 is 0 Å². The predicted molar refractivity (Wildman–Crippen MR) is 81.5 cm³/mol. The number of phenolic OH excluding ortho intramolecular Hbond substituents is 2. The molecular formula is C15H14BrNO3. The minimum atomic E-state index is -0.346. The van der Waals surface area contributed by atoms with Gasteiger partial charge in [0.25, 0.3) is 5.91 Å². The third kappa shape index (κ3) is 3.11. The number of hydrogen-bond donors (Lipinski definition) is 3. The summed E-state index contributed by atoms with van der Waals surface area (Å²) >= 11 is 3.48. The molecule has 0 aliphatic carbocycles. The molecule has 2 aromatic carbocycles. The Bertz CT molecular complexity index is 641. The Kier molecular flexibility index (Phi) is 4.29. The fourth-order valence-corrected chi connectivity index (χ4v) is 2.22. The van der Waals surface area contributed by atoms with Gasteiger partial charge in [0, 0.05) is 16.1 Å². The first-order chi connectivity index (χ1) is 9.49. The molecule has 0 saturated carbocycles. The SMILES string of the molecule is CC(Br)c1ccccc1NC(=O)c1ccc(O)c(O)c1. The molecule has 0 saturated heterocycles. The van der Waals surface area contributed by atoms with Crippen LogP contribution in [0.4, 0.5) is 5.69 Å². The van der Waals surface area contributed by atoms with E-state index < -0.39 is 0 Å². The van der Waals surface area contributed by atoms with Crippen molar-refractivity contribution < 1.29 is 15.0 Å². The number of alkyl halides is 1. The first kappa shape index (κ1) is 14.4. The Labute approximate surface area is 125 Å². The second-order valence-corrected chi connectivity index (χ2v) is 5.73. The van der Waals surface area contributed by atoms with Crippen molar-refractivity contribution >= 4 is 27.5 Å². The number of rotatable bonds is 3. The lowest BCUT2D eigenvalue weighted by Crippen LogP contribution is -2.13. The van der Waals surface area contributed by atoms with Crippen molar-refractivity contribution in [3.05, 3.63) is 53.6 Å². The number of hydrogen-bond acceptors (Lipinski definition) is 3. The molecule has 2 aromatic rings. The van der Waals surface area contributed by atoms with Crippen molar-refractivity contribution in [1.82, 2.24) is 0 Å². The summed E-state index contributed by atoms with van der Waals surface area (Å²) in [6.45, 7) is 1.97. The largest absolute Gasteiger partial charge is 0.504 e. The second kappa shape index (κ2) is 5.96. The second-order valence-electron chi connectivity index (χ2n) is 4.36. The molecule has 20 heavy (non-hydrogen) atoms. The Morgan fingerprint density at radius 2 is 1.85 bits per heavy atom. The van der Waals surface area contributed by atoms with Gasteiger partial charge in [-0.2, -0.15) is 0 Å². The fourth-order valence-electron chi connectivity index (χ4n) is 1.82. The summed E-state index contributed by atoms with van der Waals surface area (Å²) < 4.78 is 0. The first-order valence-corrected chi connectivity index (χ1v) is 6.97. The number of carbonyl (C=O) groups is 1. The van der Waals surface area contributed by atoms with Gasteiger partial charge in [-0.25, -0.2) is 0 Å². The molecule has 0 fully saturated rings. The maximum atomic E-state index is 12.1. The van der Waals surface area contributed by atoms with Crippen LogP contribution in [-0.4, -0.2) is 16.1 Å². The van der Waals surface area contributed by atoms with E-state index in [1.54, 1.807) is 0 Å². The maximum Gasteiger partial charge on any atom is 0.255 e. The highest BCUT2D eigenvalue weighted by molar-refractivity contribution is 9.09. The Morgan fingerprint density at radius 3 is 2.50 bits per heavy atom. The molecule has 3 N–H and O–H groups in total. The van der Waals surface area contributed by atoms with E-state index in [2.05, 4.69) is 21.2 Å². The van der Waals surface area contributed by atoms with Crippen LogP contribution in [0.5, 0.6) is 11.5 Å². The van der Waals surface area contributed by atoms with Crippen LogP contribution in [0.2, 0.25) is 0 Å². The molecule has 0 heterocycles. The number of para-hydroxylation sites is 1. The molecule has 0 spiro atoms. The zero-order valence-corrected chi connectivity index (χ0v) is 12.4. The van der Waals surface area contributed by atoms with E-state index in [1.807, 2.05) is 31.2 Å². The maximum absolute atomic E-state index is 12.1. The van der Waals surface area contributed by atoms with E-state index in [4.69, 9.17) is 0 Å². The van der Waals surface area contributed by atoms with Gasteiger partial charge in [-0.1, -0.05) is 34.1 Å². The summed E-state index contributed by atoms with van der Waals surface area (Å²) in [5.74, 6) is -0.920. The van der Waals surface area contributed by atoms with Gasteiger partial charge in [-0.05, 0) is 36.8 Å². The van der Waals surface area contributed by atoms with Crippen LogP contribution < -0.4 is 5.32 Å². The quantitative estimate of drug-likeness (QED) is 0.590. The molecular weight excluding hydrogens is 322 g/mol. The molecule has 5 heteroatoms. The van der Waals surface area contributed by atoms with Crippen molar-refractivity contribution in [3.8, 4) is 11.5 Å². The third-order valence-electron chi connectivity index (χ3n) is 2.88. The number of aromatic hydroxyl groups is 2. The van der Waals surface area contributed by atoms with E-state index in [0.29, 0.717) is 5.69 Å². The van der Waals surface area contributed by atoms with Gasteiger partial charge in [0.15, 0.2) is 11.5 Å². The van der Waals surface area contributed by atoms with E-state index in [0.717, 1.165) is 5.56 Å². The van der Waals surface area contributed by atoms with Crippen molar-refractivity contribution in [1.29, 1.82) is 0 Å². The van der Waals surface area contributed by atoms with Crippen LogP contribution in [0.15, 0.2) is 42.5 Å². The zero-order chi connectivity index (χ0) is 14.7. The highest BCUT2D eigenvalue weighted by Crippen LogP contribution is 2.30. The van der Waals surface area contributed by atoms with Gasteiger partial charge in [-0.15, -0.1) is 0 Å². The van der Waals surface area contributed by atoms with E-state index in [-0.39, 0.29) is 27.8 Å². The predicted octanol–water partition coefficient (Wildman–Crippen LogP) is 3.81. The Hall–Kier alpha value is -2.01. The average molecular weight is 336 g/mol. The standard InChI is InChI=1S/C15H14BrNO3/c1-9(16)11-4-2-3-5-12(11)17-15(20)10-6-7-13(18)14(19)8-10/h2-9,18-19H,1H3,(H,17,20). The van der Waals surface area contributed by atoms with Gasteiger partial charge in [0.1, 0.15) is 0 Å². The molecule has 4 nitrogen and oxygen atoms in total. The summed E-state index contributed by atoms with van der Waals surface area (Å²) in [6.07, 6.45) is 0. The topological polar surface area (TPSA) is 69.6 Å². The van der Waals surface area contributed by atoms with Crippen LogP contribution in [0.1, 0.15) is 27.7 Å². The molecule has 0 aliphatic heterocycles. The van der Waals surface area contributed by atoms with Crippen LogP contribution in [0, 0.1) is 0 Å². The number of anilines is 1. The van der Waals surface area contributed by atoms with Crippen LogP contribution in [-0.2, 0) is 0 Å². The number of nitrogens with one attached hydrogen (secondary N) is 1. The van der Waals surface area contributed by atoms with E-state index in [9.17, 15) is 15.0 Å². The van der Waals surface area contributed by atoms with Crippen molar-refractivity contribution in [2.45, 2.75) is 11.8 Å². The van der Waals surface area contributed by atoms with Crippen LogP contribution >= 0.6 is 15.9 Å². The third-order valence-corrected chi connectivity index (χ3v) is 3.37. The lowest BCUT2D eigenvalue weighted by Gasteiger charge is -2.13. The lowest BCUT2D eigenvalue weighted by atomic mass is 10.1. The Balaban J connectivity index is 2.26. The smallest absolute Gasteiger partial charge is 0.255 e. The van der Waals surface area contributed by atoms with Crippen LogP contribution in [0.3, 0.4) is 0 Å². The van der Waals surface area contributed by atoms with Gasteiger partial charge < -0.3 is 15.5 Å². The zero-order valence-electron chi connectivity index (χ0n) is 10.8. The molecule has 0 bridgehead atoms. The molecule has 1 atom stereocenters. The van der Waals surface area contributed by atoms with Crippen molar-refractivity contribution in [3.63, 3.8) is 0 Å². The molecule has 1 amide bonds. The van der Waals surface area contributed by atoms with Gasteiger partial charge in [0.2, 0.25) is 0 Å². The van der Waals surface area contributed by atoms with Crippen molar-refractivity contribution in [2.24, 2.45) is 0 Å². The van der Waals surface area contributed by atoms with Gasteiger partial charge in [0.05, 0.1) is 0 Å². The summed E-state index contributed by atoms with van der Waals surface area (Å²) in [6, 6.07) is 11.4. The molecule has 0 aliphatic rings. The molecule has 0 aromatic heterocycles. The lowest BCUT2D eigenvalue weighted by molar-refractivity contribution is 0.102. The summed E-state index contributed by atoms with van der Waals surface area (Å²) in [5.41, 5.74) is 1.94. The molecule has 2 rings (SSSR count). The summed E-state index contributed by atoms with van der Waals surface area (Å²) in [5, 5.41) is 21.5. The average Bonchev–Trinajstić information content (AvgIpc) is 2.42.